The topological polar surface area (TPSA) is 87.5 Å². The first-order chi connectivity index (χ1) is 12.2. The summed E-state index contributed by atoms with van der Waals surface area (Å²) in [6.45, 7) is 2.03. The number of hydrogen-bond donors (Lipinski definition) is 2. The Morgan fingerprint density at radius 3 is 2.65 bits per heavy atom. The lowest BCUT2D eigenvalue weighted by atomic mass is 9.90. The summed E-state index contributed by atoms with van der Waals surface area (Å²) in [5, 5.41) is 16.0. The van der Waals surface area contributed by atoms with Gasteiger partial charge in [0.15, 0.2) is 0 Å². The quantitative estimate of drug-likeness (QED) is 0.877. The van der Waals surface area contributed by atoms with E-state index in [2.05, 4.69) is 10.4 Å². The van der Waals surface area contributed by atoms with Gasteiger partial charge in [-0.05, 0) is 25.5 Å². The van der Waals surface area contributed by atoms with Crippen LogP contribution in [0.15, 0.2) is 24.3 Å². The smallest absolute Gasteiger partial charge is 0.323 e. The number of carbonyl (C=O) groups is 2. The molecule has 1 aromatic carbocycles. The Morgan fingerprint density at radius 2 is 2.04 bits per heavy atom. The standard InChI is InChI=1S/C17H18F2N4O3/c1-17(15(24)25)5-6-23(9-17)16(26)20-14-8-13(21-22(14)2)11-4-3-10(18)7-12(11)19/h3-4,7-8H,5-6,9H2,1-2H3,(H,20,26)(H,24,25). The molecule has 1 aliphatic heterocycles. The Morgan fingerprint density at radius 1 is 1.31 bits per heavy atom. The minimum absolute atomic E-state index is 0.103. The van der Waals surface area contributed by atoms with Crippen LogP contribution in [-0.4, -0.2) is 44.9 Å². The molecule has 1 aliphatic rings. The third-order valence-electron chi connectivity index (χ3n) is 4.60. The zero-order valence-electron chi connectivity index (χ0n) is 14.3. The van der Waals surface area contributed by atoms with Gasteiger partial charge in [-0.1, -0.05) is 0 Å². The first-order valence-corrected chi connectivity index (χ1v) is 7.98. The van der Waals surface area contributed by atoms with E-state index in [9.17, 15) is 23.5 Å². The van der Waals surface area contributed by atoms with Crippen molar-refractivity contribution in [3.63, 3.8) is 0 Å². The van der Waals surface area contributed by atoms with E-state index in [1.165, 1.54) is 21.7 Å². The van der Waals surface area contributed by atoms with Crippen molar-refractivity contribution in [3.05, 3.63) is 35.9 Å². The SMILES string of the molecule is Cn1nc(-c2ccc(F)cc2F)cc1NC(=O)N1CCC(C)(C(=O)O)C1. The molecule has 2 heterocycles. The molecule has 2 N–H and O–H groups in total. The summed E-state index contributed by atoms with van der Waals surface area (Å²) in [5.41, 5.74) is -0.606. The number of urea groups is 1. The van der Waals surface area contributed by atoms with E-state index in [4.69, 9.17) is 0 Å². The van der Waals surface area contributed by atoms with Crippen molar-refractivity contribution in [3.8, 4) is 11.3 Å². The maximum atomic E-state index is 13.9. The number of nitrogens with zero attached hydrogens (tertiary/aromatic N) is 3. The highest BCUT2D eigenvalue weighted by Crippen LogP contribution is 2.31. The third-order valence-corrected chi connectivity index (χ3v) is 4.60. The molecule has 0 saturated carbocycles. The zero-order chi connectivity index (χ0) is 19.1. The average molecular weight is 364 g/mol. The lowest BCUT2D eigenvalue weighted by Crippen LogP contribution is -2.37. The maximum absolute atomic E-state index is 13.9. The number of nitrogens with one attached hydrogen (secondary N) is 1. The fourth-order valence-corrected chi connectivity index (χ4v) is 2.91. The molecule has 138 valence electrons. The van der Waals surface area contributed by atoms with Crippen molar-refractivity contribution in [2.24, 2.45) is 12.5 Å². The number of benzene rings is 1. The molecule has 1 atom stereocenters. The summed E-state index contributed by atoms with van der Waals surface area (Å²) < 4.78 is 28.3. The molecule has 0 bridgehead atoms. The van der Waals surface area contributed by atoms with Crippen LogP contribution < -0.4 is 5.32 Å². The van der Waals surface area contributed by atoms with Crippen LogP contribution in [0.25, 0.3) is 11.3 Å². The van der Waals surface area contributed by atoms with Crippen LogP contribution in [0.1, 0.15) is 13.3 Å². The minimum atomic E-state index is -0.966. The van der Waals surface area contributed by atoms with Gasteiger partial charge < -0.3 is 10.0 Å². The number of aryl methyl sites for hydroxylation is 1. The molecule has 0 radical (unpaired) electrons. The van der Waals surface area contributed by atoms with Crippen molar-refractivity contribution in [1.29, 1.82) is 0 Å². The largest absolute Gasteiger partial charge is 0.481 e. The van der Waals surface area contributed by atoms with Gasteiger partial charge in [0.05, 0.1) is 11.1 Å². The van der Waals surface area contributed by atoms with Crippen LogP contribution in [0.2, 0.25) is 0 Å². The number of carboxylic acid groups (broad SMARTS) is 1. The molecular weight excluding hydrogens is 346 g/mol. The molecular formula is C17H18F2N4O3. The Balaban J connectivity index is 1.76. The fourth-order valence-electron chi connectivity index (χ4n) is 2.91. The van der Waals surface area contributed by atoms with Gasteiger partial charge in [0.2, 0.25) is 0 Å². The van der Waals surface area contributed by atoms with Crippen LogP contribution >= 0.6 is 0 Å². The molecule has 9 heteroatoms. The van der Waals surface area contributed by atoms with Crippen molar-refractivity contribution >= 4 is 17.8 Å². The molecule has 3 rings (SSSR count). The number of carbonyl (C=O) groups excluding carboxylic acids is 1. The van der Waals surface area contributed by atoms with Crippen molar-refractivity contribution in [2.45, 2.75) is 13.3 Å². The average Bonchev–Trinajstić information content (AvgIpc) is 3.12. The lowest BCUT2D eigenvalue weighted by Gasteiger charge is -2.20. The molecule has 1 aromatic heterocycles. The van der Waals surface area contributed by atoms with Crippen LogP contribution in [0, 0.1) is 17.0 Å². The number of amides is 2. The summed E-state index contributed by atoms with van der Waals surface area (Å²) in [4.78, 5) is 25.1. The highest BCUT2D eigenvalue weighted by atomic mass is 19.1. The molecule has 0 spiro atoms. The van der Waals surface area contributed by atoms with E-state index >= 15 is 0 Å². The Labute approximate surface area is 148 Å². The number of halogens is 2. The number of anilines is 1. The maximum Gasteiger partial charge on any atom is 0.323 e. The first-order valence-electron chi connectivity index (χ1n) is 7.98. The van der Waals surface area contributed by atoms with Gasteiger partial charge >= 0.3 is 12.0 Å². The minimum Gasteiger partial charge on any atom is -0.481 e. The van der Waals surface area contributed by atoms with Gasteiger partial charge in [-0.2, -0.15) is 5.10 Å². The van der Waals surface area contributed by atoms with E-state index in [0.29, 0.717) is 18.8 Å². The van der Waals surface area contributed by atoms with Gasteiger partial charge in [-0.3, -0.25) is 14.8 Å². The first kappa shape index (κ1) is 17.8. The number of likely N-dealkylation sites (tertiary alicyclic amines) is 1. The Hall–Kier alpha value is -2.97. The van der Waals surface area contributed by atoms with Gasteiger partial charge in [0, 0.05) is 37.8 Å². The molecule has 1 saturated heterocycles. The van der Waals surface area contributed by atoms with Crippen molar-refractivity contribution in [2.75, 3.05) is 18.4 Å². The van der Waals surface area contributed by atoms with Crippen molar-refractivity contribution in [1.82, 2.24) is 14.7 Å². The zero-order valence-corrected chi connectivity index (χ0v) is 14.3. The van der Waals surface area contributed by atoms with E-state index in [1.54, 1.807) is 14.0 Å². The Bertz CT molecular complexity index is 883. The van der Waals surface area contributed by atoms with Gasteiger partial charge in [-0.25, -0.2) is 13.6 Å². The lowest BCUT2D eigenvalue weighted by molar-refractivity contribution is -0.146. The molecule has 2 amide bonds. The number of hydrogen-bond acceptors (Lipinski definition) is 3. The number of carboxylic acids is 1. The third kappa shape index (κ3) is 3.24. The van der Waals surface area contributed by atoms with Crippen LogP contribution in [-0.2, 0) is 11.8 Å². The predicted octanol–water partition coefficient (Wildman–Crippen LogP) is 2.69. The van der Waals surface area contributed by atoms with Gasteiger partial charge in [0.25, 0.3) is 0 Å². The molecule has 26 heavy (non-hydrogen) atoms. The summed E-state index contributed by atoms with van der Waals surface area (Å²) in [6.07, 6.45) is 0.368. The van der Waals surface area contributed by atoms with Crippen LogP contribution in [0.5, 0.6) is 0 Å². The number of aliphatic carboxylic acids is 1. The van der Waals surface area contributed by atoms with Gasteiger partial charge in [-0.15, -0.1) is 0 Å². The summed E-state index contributed by atoms with van der Waals surface area (Å²) in [6, 6.07) is 4.18. The predicted molar refractivity (Wildman–Crippen MR) is 89.5 cm³/mol. The van der Waals surface area contributed by atoms with E-state index in [0.717, 1.165) is 12.1 Å². The normalized spacial score (nSPS) is 19.6. The van der Waals surface area contributed by atoms with Crippen LogP contribution in [0.3, 0.4) is 0 Å². The summed E-state index contributed by atoms with van der Waals surface area (Å²) in [7, 11) is 1.58. The summed E-state index contributed by atoms with van der Waals surface area (Å²) in [5.74, 6) is -2.07. The highest BCUT2D eigenvalue weighted by molar-refractivity contribution is 5.90. The van der Waals surface area contributed by atoms with Crippen LogP contribution in [0.4, 0.5) is 19.4 Å². The number of aromatic nitrogens is 2. The second-order valence-electron chi connectivity index (χ2n) is 6.63. The van der Waals surface area contributed by atoms with Crippen molar-refractivity contribution < 1.29 is 23.5 Å². The number of rotatable bonds is 3. The monoisotopic (exact) mass is 364 g/mol. The van der Waals surface area contributed by atoms with E-state index in [-0.39, 0.29) is 17.8 Å². The molecule has 7 nitrogen and oxygen atoms in total. The molecule has 1 fully saturated rings. The second-order valence-corrected chi connectivity index (χ2v) is 6.63. The van der Waals surface area contributed by atoms with Gasteiger partial charge in [0.1, 0.15) is 17.5 Å². The highest BCUT2D eigenvalue weighted by Gasteiger charge is 2.42. The van der Waals surface area contributed by atoms with E-state index in [1.807, 2.05) is 0 Å². The molecule has 2 aromatic rings. The fraction of sp³-hybridized carbons (Fsp3) is 0.353. The molecule has 1 unspecified atom stereocenters. The Kier molecular flexibility index (Phi) is 4.39. The summed E-state index contributed by atoms with van der Waals surface area (Å²) >= 11 is 0. The molecule has 0 aliphatic carbocycles. The van der Waals surface area contributed by atoms with E-state index < -0.39 is 29.0 Å². The second kappa shape index (κ2) is 6.40.